The average Bonchev–Trinajstić information content (AvgIpc) is 2.42. The minimum absolute atomic E-state index is 0.214. The summed E-state index contributed by atoms with van der Waals surface area (Å²) in [4.78, 5) is 0. The fraction of sp³-hybridized carbons (Fsp3) is 0.294. The Morgan fingerprint density at radius 3 is 2.21 bits per heavy atom. The number of methoxy groups -OCH3 is 1. The molecule has 0 spiro atoms. The third kappa shape index (κ3) is 2.96. The number of ether oxygens (including phenoxy) is 1. The van der Waals surface area contributed by atoms with Crippen LogP contribution in [0.5, 0.6) is 5.75 Å². The summed E-state index contributed by atoms with van der Waals surface area (Å²) in [5.41, 5.74) is 5.18. The smallest absolute Gasteiger partial charge is 0.118 e. The average molecular weight is 255 g/mol. The molecule has 0 heterocycles. The molecule has 0 aromatic heterocycles. The minimum atomic E-state index is 0.214. The zero-order valence-electron chi connectivity index (χ0n) is 12.0. The van der Waals surface area contributed by atoms with E-state index in [0.29, 0.717) is 0 Å². The van der Waals surface area contributed by atoms with Crippen LogP contribution in [-0.2, 0) is 0 Å². The van der Waals surface area contributed by atoms with Crippen molar-refractivity contribution in [3.05, 3.63) is 64.7 Å². The van der Waals surface area contributed by atoms with Crippen LogP contribution in [0.1, 0.15) is 28.3 Å². The number of benzene rings is 2. The van der Waals surface area contributed by atoms with E-state index in [4.69, 9.17) is 4.74 Å². The van der Waals surface area contributed by atoms with Crippen molar-refractivity contribution in [1.82, 2.24) is 5.32 Å². The van der Waals surface area contributed by atoms with Crippen LogP contribution in [0.15, 0.2) is 42.5 Å². The summed E-state index contributed by atoms with van der Waals surface area (Å²) in [5, 5.41) is 3.39. The first-order chi connectivity index (χ1) is 9.15. The molecule has 2 rings (SSSR count). The Morgan fingerprint density at radius 2 is 1.68 bits per heavy atom. The highest BCUT2D eigenvalue weighted by molar-refractivity contribution is 5.40. The highest BCUT2D eigenvalue weighted by Gasteiger charge is 2.14. The Hall–Kier alpha value is -1.80. The molecule has 0 saturated carbocycles. The van der Waals surface area contributed by atoms with E-state index in [1.165, 1.54) is 22.3 Å². The van der Waals surface area contributed by atoms with E-state index < -0.39 is 0 Å². The van der Waals surface area contributed by atoms with Gasteiger partial charge >= 0.3 is 0 Å². The number of hydrogen-bond acceptors (Lipinski definition) is 2. The van der Waals surface area contributed by atoms with E-state index in [9.17, 15) is 0 Å². The van der Waals surface area contributed by atoms with Crippen molar-refractivity contribution in [3.63, 3.8) is 0 Å². The van der Waals surface area contributed by atoms with Gasteiger partial charge < -0.3 is 10.1 Å². The van der Waals surface area contributed by atoms with E-state index >= 15 is 0 Å². The lowest BCUT2D eigenvalue weighted by Crippen LogP contribution is -2.18. The van der Waals surface area contributed by atoms with Crippen LogP contribution in [0.2, 0.25) is 0 Å². The minimum Gasteiger partial charge on any atom is -0.497 e. The highest BCUT2D eigenvalue weighted by atomic mass is 16.5. The summed E-state index contributed by atoms with van der Waals surface area (Å²) in [5.74, 6) is 0.888. The van der Waals surface area contributed by atoms with E-state index in [2.05, 4.69) is 49.5 Å². The molecule has 19 heavy (non-hydrogen) atoms. The van der Waals surface area contributed by atoms with Gasteiger partial charge in [0, 0.05) is 0 Å². The Kier molecular flexibility index (Phi) is 4.23. The van der Waals surface area contributed by atoms with Gasteiger partial charge in [0.1, 0.15) is 5.75 Å². The van der Waals surface area contributed by atoms with Crippen molar-refractivity contribution in [2.45, 2.75) is 19.9 Å². The first-order valence-corrected chi connectivity index (χ1v) is 6.54. The SMILES string of the molecule is CNC(c1ccc(OC)cc1)c1ccc(C)cc1C. The maximum Gasteiger partial charge on any atom is 0.118 e. The van der Waals surface area contributed by atoms with Gasteiger partial charge in [-0.15, -0.1) is 0 Å². The van der Waals surface area contributed by atoms with E-state index in [1.54, 1.807) is 7.11 Å². The van der Waals surface area contributed by atoms with Crippen LogP contribution in [0, 0.1) is 13.8 Å². The Bertz CT molecular complexity index is 546. The lowest BCUT2D eigenvalue weighted by Gasteiger charge is -2.20. The largest absolute Gasteiger partial charge is 0.497 e. The monoisotopic (exact) mass is 255 g/mol. The van der Waals surface area contributed by atoms with Gasteiger partial charge in [-0.3, -0.25) is 0 Å². The van der Waals surface area contributed by atoms with Crippen LogP contribution >= 0.6 is 0 Å². The van der Waals surface area contributed by atoms with Crippen LogP contribution < -0.4 is 10.1 Å². The van der Waals surface area contributed by atoms with Crippen molar-refractivity contribution < 1.29 is 4.74 Å². The fourth-order valence-electron chi connectivity index (χ4n) is 2.45. The normalized spacial score (nSPS) is 12.2. The Balaban J connectivity index is 2.37. The standard InChI is InChI=1S/C17H21NO/c1-12-5-10-16(13(2)11-12)17(18-3)14-6-8-15(19-4)9-7-14/h5-11,17-18H,1-4H3. The Morgan fingerprint density at radius 1 is 1.00 bits per heavy atom. The third-order valence-electron chi connectivity index (χ3n) is 3.47. The fourth-order valence-corrected chi connectivity index (χ4v) is 2.45. The molecule has 1 unspecified atom stereocenters. The maximum absolute atomic E-state index is 5.21. The predicted molar refractivity (Wildman–Crippen MR) is 79.8 cm³/mol. The van der Waals surface area contributed by atoms with E-state index in [1.807, 2.05) is 19.2 Å². The second-order valence-electron chi connectivity index (χ2n) is 4.85. The highest BCUT2D eigenvalue weighted by Crippen LogP contribution is 2.26. The van der Waals surface area contributed by atoms with Gasteiger partial charge in [0.2, 0.25) is 0 Å². The zero-order chi connectivity index (χ0) is 13.8. The number of rotatable bonds is 4. The second kappa shape index (κ2) is 5.89. The van der Waals surface area contributed by atoms with Crippen molar-refractivity contribution in [3.8, 4) is 5.75 Å². The van der Waals surface area contributed by atoms with Crippen LogP contribution in [-0.4, -0.2) is 14.2 Å². The Labute approximate surface area is 115 Å². The van der Waals surface area contributed by atoms with Crippen LogP contribution in [0.3, 0.4) is 0 Å². The first kappa shape index (κ1) is 13.6. The van der Waals surface area contributed by atoms with Crippen LogP contribution in [0.25, 0.3) is 0 Å². The molecular weight excluding hydrogens is 234 g/mol. The summed E-state index contributed by atoms with van der Waals surface area (Å²) < 4.78 is 5.21. The van der Waals surface area contributed by atoms with E-state index in [0.717, 1.165) is 5.75 Å². The summed E-state index contributed by atoms with van der Waals surface area (Å²) in [7, 11) is 3.68. The summed E-state index contributed by atoms with van der Waals surface area (Å²) in [6.45, 7) is 4.29. The van der Waals surface area contributed by atoms with Gasteiger partial charge in [-0.25, -0.2) is 0 Å². The summed E-state index contributed by atoms with van der Waals surface area (Å²) in [6, 6.07) is 15.0. The van der Waals surface area contributed by atoms with Gasteiger partial charge in [-0.1, -0.05) is 35.9 Å². The molecule has 1 atom stereocenters. The molecule has 0 amide bonds. The van der Waals surface area contributed by atoms with Crippen LogP contribution in [0.4, 0.5) is 0 Å². The first-order valence-electron chi connectivity index (χ1n) is 6.54. The maximum atomic E-state index is 5.21. The lowest BCUT2D eigenvalue weighted by molar-refractivity contribution is 0.414. The van der Waals surface area contributed by atoms with Gasteiger partial charge in [-0.05, 0) is 49.7 Å². The second-order valence-corrected chi connectivity index (χ2v) is 4.85. The van der Waals surface area contributed by atoms with Crippen molar-refractivity contribution in [2.75, 3.05) is 14.2 Å². The van der Waals surface area contributed by atoms with Crippen molar-refractivity contribution >= 4 is 0 Å². The molecule has 100 valence electrons. The molecule has 0 bridgehead atoms. The molecule has 2 aromatic rings. The number of hydrogen-bond donors (Lipinski definition) is 1. The summed E-state index contributed by atoms with van der Waals surface area (Å²) >= 11 is 0. The lowest BCUT2D eigenvalue weighted by atomic mass is 9.94. The van der Waals surface area contributed by atoms with Crippen molar-refractivity contribution in [1.29, 1.82) is 0 Å². The van der Waals surface area contributed by atoms with Gasteiger partial charge in [-0.2, -0.15) is 0 Å². The third-order valence-corrected chi connectivity index (χ3v) is 3.47. The molecule has 0 aliphatic carbocycles. The molecule has 0 aliphatic rings. The zero-order valence-corrected chi connectivity index (χ0v) is 12.0. The molecule has 2 nitrogen and oxygen atoms in total. The molecule has 0 radical (unpaired) electrons. The van der Waals surface area contributed by atoms with Gasteiger partial charge in [0.25, 0.3) is 0 Å². The topological polar surface area (TPSA) is 21.3 Å². The number of nitrogens with one attached hydrogen (secondary N) is 1. The molecular formula is C17H21NO. The predicted octanol–water partition coefficient (Wildman–Crippen LogP) is 3.62. The molecule has 0 aliphatic heterocycles. The molecule has 0 saturated heterocycles. The number of aryl methyl sites for hydroxylation is 2. The van der Waals surface area contributed by atoms with Crippen molar-refractivity contribution in [2.24, 2.45) is 0 Å². The molecule has 2 aromatic carbocycles. The molecule has 0 fully saturated rings. The van der Waals surface area contributed by atoms with E-state index in [-0.39, 0.29) is 6.04 Å². The molecule has 1 N–H and O–H groups in total. The van der Waals surface area contributed by atoms with Gasteiger partial charge in [0.05, 0.1) is 13.2 Å². The quantitative estimate of drug-likeness (QED) is 0.901. The summed E-state index contributed by atoms with van der Waals surface area (Å²) in [6.07, 6.45) is 0. The van der Waals surface area contributed by atoms with Gasteiger partial charge in [0.15, 0.2) is 0 Å². The molecule has 2 heteroatoms.